The molecule has 0 atom stereocenters. The fourth-order valence-corrected chi connectivity index (χ4v) is 0. The Kier molecular flexibility index (Phi) is 24.3. The molecular weight excluding hydrogens is 198 g/mol. The zero-order valence-corrected chi connectivity index (χ0v) is 8.27. The largest absolute Gasteiger partial charge is 4.00 e. The van der Waals surface area contributed by atoms with Crippen molar-refractivity contribution >= 4 is 36.1 Å². The second-order valence-electron chi connectivity index (χ2n) is 0.447. The van der Waals surface area contributed by atoms with Crippen LogP contribution in [0.3, 0.4) is 0 Å². The van der Waals surface area contributed by atoms with Crippen LogP contribution >= 0.6 is 7.82 Å². The van der Waals surface area contributed by atoms with Crippen LogP contribution in [0.1, 0.15) is 0 Å². The van der Waals surface area contributed by atoms with Gasteiger partial charge in [0.25, 0.3) is 0 Å². The van der Waals surface area contributed by atoms with E-state index < -0.39 is 7.82 Å². The molecule has 0 amide bonds. The van der Waals surface area contributed by atoms with Gasteiger partial charge in [-0.2, -0.15) is 7.82 Å². The maximum absolute atomic E-state index is 8.55. The van der Waals surface area contributed by atoms with Crippen LogP contribution in [0.15, 0.2) is 0 Å². The van der Waals surface area contributed by atoms with Crippen molar-refractivity contribution in [1.29, 1.82) is 0 Å². The molecule has 0 radical (unpaired) electrons. The SMILES string of the molecule is O=P([O-])([O-])[O-].[Al+3].[Si+4].[Ti+4]. The molecule has 0 unspecified atom stereocenters. The molecule has 0 aromatic carbocycles. The molecule has 0 fully saturated rings. The average molecular weight is 198 g/mol. The first-order valence-electron chi connectivity index (χ1n) is 0.730. The molecular formula is AlO4PSiTi+8. The molecule has 4 nitrogen and oxygen atoms in total. The molecule has 0 aliphatic rings. The Morgan fingerprint density at radius 1 is 1.12 bits per heavy atom. The molecule has 0 bridgehead atoms. The summed E-state index contributed by atoms with van der Waals surface area (Å²) in [4.78, 5) is 25.6. The monoisotopic (exact) mass is 198 g/mol. The van der Waals surface area contributed by atoms with Gasteiger partial charge < -0.3 is 19.2 Å². The molecule has 0 aliphatic carbocycles. The van der Waals surface area contributed by atoms with Crippen molar-refractivity contribution in [2.24, 2.45) is 0 Å². The van der Waals surface area contributed by atoms with Gasteiger partial charge in [0, 0.05) is 0 Å². The molecule has 0 aromatic rings. The average Bonchev–Trinajstić information content (AvgIpc) is 0.722. The van der Waals surface area contributed by atoms with Crippen molar-refractivity contribution in [3.05, 3.63) is 0 Å². The van der Waals surface area contributed by atoms with Crippen molar-refractivity contribution in [3.63, 3.8) is 0 Å². The third-order valence-electron chi connectivity index (χ3n) is 0. The van der Waals surface area contributed by atoms with Gasteiger partial charge in [-0.1, -0.05) is 0 Å². The predicted molar refractivity (Wildman–Crippen MR) is 19.1 cm³/mol. The Morgan fingerprint density at radius 3 is 1.12 bits per heavy atom. The Hall–Kier alpha value is 1.57. The Balaban J connectivity index is -0.0000000267. The summed E-state index contributed by atoms with van der Waals surface area (Å²) in [6.45, 7) is 0. The minimum absolute atomic E-state index is 0. The van der Waals surface area contributed by atoms with Gasteiger partial charge in [-0.15, -0.1) is 0 Å². The third-order valence-corrected chi connectivity index (χ3v) is 0. The van der Waals surface area contributed by atoms with Crippen molar-refractivity contribution in [2.75, 3.05) is 0 Å². The molecule has 32 valence electrons. The van der Waals surface area contributed by atoms with Crippen molar-refractivity contribution in [1.82, 2.24) is 0 Å². The van der Waals surface area contributed by atoms with E-state index in [1.807, 2.05) is 0 Å². The number of hydrogen-bond donors (Lipinski definition) is 0. The Morgan fingerprint density at radius 2 is 1.12 bits per heavy atom. The molecule has 0 saturated heterocycles. The van der Waals surface area contributed by atoms with E-state index in [-0.39, 0.29) is 50.0 Å². The fourth-order valence-electron chi connectivity index (χ4n) is 0. The zero-order valence-electron chi connectivity index (χ0n) is 3.66. The van der Waals surface area contributed by atoms with Gasteiger partial charge in [0.15, 0.2) is 0 Å². The van der Waals surface area contributed by atoms with E-state index in [9.17, 15) is 0 Å². The van der Waals surface area contributed by atoms with Crippen molar-refractivity contribution < 1.29 is 41.0 Å². The smallest absolute Gasteiger partial charge is 0.822 e. The molecule has 0 heterocycles. The summed E-state index contributed by atoms with van der Waals surface area (Å²) < 4.78 is 8.55. The minimum Gasteiger partial charge on any atom is -0.822 e. The standard InChI is InChI=1S/Al.H3O4P.Si.Ti/c;1-5(2,3)4;;/h;(H3,1,2,3,4);;/q+3;;2*+4/p-3. The van der Waals surface area contributed by atoms with Crippen LogP contribution in [-0.4, -0.2) is 28.3 Å². The summed E-state index contributed by atoms with van der Waals surface area (Å²) in [5, 5.41) is 0. The quantitative estimate of drug-likeness (QED) is 0.297. The maximum atomic E-state index is 8.55. The third kappa shape index (κ3) is 132. The summed E-state index contributed by atoms with van der Waals surface area (Å²) in [7, 11) is -5.39. The van der Waals surface area contributed by atoms with Crippen LogP contribution in [0.5, 0.6) is 0 Å². The van der Waals surface area contributed by atoms with Crippen LogP contribution in [0, 0.1) is 0 Å². The topological polar surface area (TPSA) is 86.2 Å². The number of rotatable bonds is 0. The summed E-state index contributed by atoms with van der Waals surface area (Å²) >= 11 is 0. The summed E-state index contributed by atoms with van der Waals surface area (Å²) in [5.41, 5.74) is 0. The summed E-state index contributed by atoms with van der Waals surface area (Å²) in [6.07, 6.45) is 0. The molecule has 0 spiro atoms. The molecule has 0 saturated carbocycles. The van der Waals surface area contributed by atoms with E-state index in [0.717, 1.165) is 0 Å². The molecule has 0 aromatic heterocycles. The van der Waals surface area contributed by atoms with Gasteiger partial charge in [0.1, 0.15) is 0 Å². The maximum Gasteiger partial charge on any atom is 4.00 e. The van der Waals surface area contributed by atoms with Crippen molar-refractivity contribution in [3.8, 4) is 0 Å². The van der Waals surface area contributed by atoms with Crippen molar-refractivity contribution in [2.45, 2.75) is 0 Å². The van der Waals surface area contributed by atoms with Gasteiger partial charge in [-0.3, -0.25) is 0 Å². The first-order valence-corrected chi connectivity index (χ1v) is 2.19. The molecule has 0 N–H and O–H groups in total. The second kappa shape index (κ2) is 8.57. The molecule has 0 aliphatic heterocycles. The van der Waals surface area contributed by atoms with Gasteiger partial charge in [0.05, 0.1) is 0 Å². The van der Waals surface area contributed by atoms with E-state index in [0.29, 0.717) is 0 Å². The number of phosphoric acid groups is 1. The van der Waals surface area contributed by atoms with Gasteiger partial charge >= 0.3 is 50.0 Å². The molecule has 0 rings (SSSR count). The van der Waals surface area contributed by atoms with Gasteiger partial charge in [-0.05, 0) is 0 Å². The van der Waals surface area contributed by atoms with E-state index in [1.165, 1.54) is 0 Å². The summed E-state index contributed by atoms with van der Waals surface area (Å²) in [6, 6.07) is 0. The predicted octanol–water partition coefficient (Wildman–Crippen LogP) is -3.59. The zero-order chi connectivity index (χ0) is 4.50. The Labute approximate surface area is 77.0 Å². The summed E-state index contributed by atoms with van der Waals surface area (Å²) in [5.74, 6) is 0. The second-order valence-corrected chi connectivity index (χ2v) is 1.34. The van der Waals surface area contributed by atoms with E-state index in [2.05, 4.69) is 0 Å². The molecule has 8 heteroatoms. The normalized spacial score (nSPS) is 7.38. The van der Waals surface area contributed by atoms with Crippen LogP contribution < -0.4 is 14.7 Å². The first kappa shape index (κ1) is 22.7. The van der Waals surface area contributed by atoms with E-state index in [1.54, 1.807) is 0 Å². The van der Waals surface area contributed by atoms with Crippen LogP contribution in [0.2, 0.25) is 0 Å². The van der Waals surface area contributed by atoms with Crippen LogP contribution in [-0.2, 0) is 26.3 Å². The van der Waals surface area contributed by atoms with Crippen LogP contribution in [0.4, 0.5) is 0 Å². The van der Waals surface area contributed by atoms with E-state index in [4.69, 9.17) is 19.2 Å². The number of hydrogen-bond acceptors (Lipinski definition) is 4. The fraction of sp³-hybridized carbons (Fsp3) is 0. The van der Waals surface area contributed by atoms with Gasteiger partial charge in [0.2, 0.25) is 0 Å². The minimum atomic E-state index is -5.39. The Bertz CT molecular complexity index is 62.2. The van der Waals surface area contributed by atoms with E-state index >= 15 is 0 Å². The first-order chi connectivity index (χ1) is 2.00. The van der Waals surface area contributed by atoms with Crippen LogP contribution in [0.25, 0.3) is 0 Å². The molecule has 8 heavy (non-hydrogen) atoms. The van der Waals surface area contributed by atoms with Gasteiger partial charge in [-0.25, -0.2) is 0 Å².